The zero-order valence-corrected chi connectivity index (χ0v) is 16.6. The lowest BCUT2D eigenvalue weighted by Gasteiger charge is -2.26. The Morgan fingerprint density at radius 3 is 2.72 bits per heavy atom. The van der Waals surface area contributed by atoms with Gasteiger partial charge in [-0.3, -0.25) is 9.59 Å². The molecule has 29 heavy (non-hydrogen) atoms. The average Bonchev–Trinajstić information content (AvgIpc) is 3.27. The highest BCUT2D eigenvalue weighted by Crippen LogP contribution is 2.36. The van der Waals surface area contributed by atoms with Gasteiger partial charge in [-0.05, 0) is 25.5 Å². The monoisotopic (exact) mass is 422 g/mol. The second-order valence-electron chi connectivity index (χ2n) is 7.09. The number of amides is 2. The van der Waals surface area contributed by atoms with E-state index in [2.05, 4.69) is 4.98 Å². The van der Waals surface area contributed by atoms with E-state index in [0.717, 1.165) is 17.4 Å². The number of anilines is 2. The zero-order valence-electron chi connectivity index (χ0n) is 15.8. The molecule has 1 atom stereocenters. The Bertz CT molecular complexity index is 975. The number of halogens is 2. The number of carbonyl (C=O) groups excluding carboxylic acids is 2. The fraction of sp³-hybridized carbons (Fsp3) is 0.421. The zero-order chi connectivity index (χ0) is 20.7. The summed E-state index contributed by atoms with van der Waals surface area (Å²) in [6, 6.07) is 2.09. The normalized spacial score (nSPS) is 18.8. The van der Waals surface area contributed by atoms with E-state index in [0.29, 0.717) is 42.8 Å². The van der Waals surface area contributed by atoms with Crippen LogP contribution < -0.4 is 15.5 Å². The van der Waals surface area contributed by atoms with Crippen molar-refractivity contribution in [3.05, 3.63) is 39.9 Å². The van der Waals surface area contributed by atoms with Crippen molar-refractivity contribution in [1.82, 2.24) is 4.98 Å². The van der Waals surface area contributed by atoms with Crippen molar-refractivity contribution in [2.75, 3.05) is 36.1 Å². The number of hydrogen-bond donors (Lipinski definition) is 1. The van der Waals surface area contributed by atoms with Crippen molar-refractivity contribution in [2.24, 2.45) is 5.73 Å². The van der Waals surface area contributed by atoms with E-state index in [9.17, 15) is 18.4 Å². The van der Waals surface area contributed by atoms with E-state index in [4.69, 9.17) is 10.5 Å². The molecular weight excluding hydrogens is 402 g/mol. The minimum absolute atomic E-state index is 0.151. The van der Waals surface area contributed by atoms with E-state index in [-0.39, 0.29) is 35.2 Å². The number of primary amides is 1. The maximum atomic E-state index is 14.1. The average molecular weight is 422 g/mol. The number of morpholine rings is 1. The summed E-state index contributed by atoms with van der Waals surface area (Å²) in [5.74, 6) is -2.85. The Labute approximate surface area is 170 Å². The van der Waals surface area contributed by atoms with Gasteiger partial charge in [0, 0.05) is 24.7 Å². The predicted octanol–water partition coefficient (Wildman–Crippen LogP) is 1.88. The van der Waals surface area contributed by atoms with Crippen LogP contribution in [0.4, 0.5) is 19.6 Å². The smallest absolute Gasteiger partial charge is 0.260 e. The molecule has 0 aliphatic carbocycles. The fourth-order valence-electron chi connectivity index (χ4n) is 3.78. The first-order valence-electron chi connectivity index (χ1n) is 9.28. The summed E-state index contributed by atoms with van der Waals surface area (Å²) >= 11 is 1.15. The van der Waals surface area contributed by atoms with Crippen LogP contribution >= 0.6 is 11.3 Å². The number of aromatic nitrogens is 1. The van der Waals surface area contributed by atoms with E-state index in [1.54, 1.807) is 6.92 Å². The van der Waals surface area contributed by atoms with Gasteiger partial charge in [0.1, 0.15) is 4.88 Å². The van der Waals surface area contributed by atoms with Gasteiger partial charge in [0.2, 0.25) is 5.91 Å². The Balaban J connectivity index is 1.61. The van der Waals surface area contributed by atoms with Crippen LogP contribution in [0.25, 0.3) is 0 Å². The molecule has 154 valence electrons. The predicted molar refractivity (Wildman–Crippen MR) is 104 cm³/mol. The fourth-order valence-corrected chi connectivity index (χ4v) is 4.76. The van der Waals surface area contributed by atoms with Crippen molar-refractivity contribution in [3.63, 3.8) is 0 Å². The number of benzene rings is 1. The highest BCUT2D eigenvalue weighted by atomic mass is 32.1. The van der Waals surface area contributed by atoms with Gasteiger partial charge in [0.25, 0.3) is 5.91 Å². The molecule has 3 heterocycles. The third-order valence-electron chi connectivity index (χ3n) is 5.15. The number of carbonyl (C=O) groups is 2. The van der Waals surface area contributed by atoms with Gasteiger partial charge in [-0.15, -0.1) is 0 Å². The number of rotatable bonds is 4. The van der Waals surface area contributed by atoms with Crippen molar-refractivity contribution in [3.8, 4) is 0 Å². The molecule has 0 saturated carbocycles. The molecular formula is C19H20F2N4O3S. The number of nitrogens with two attached hydrogens (primary N) is 1. The van der Waals surface area contributed by atoms with E-state index >= 15 is 0 Å². The summed E-state index contributed by atoms with van der Waals surface area (Å²) in [5.41, 5.74) is 6.34. The highest BCUT2D eigenvalue weighted by molar-refractivity contribution is 7.17. The van der Waals surface area contributed by atoms with Gasteiger partial charge in [-0.25, -0.2) is 13.8 Å². The first-order chi connectivity index (χ1) is 13.9. The maximum Gasteiger partial charge on any atom is 0.260 e. The molecule has 1 fully saturated rings. The van der Waals surface area contributed by atoms with E-state index < -0.39 is 17.5 Å². The first-order valence-corrected chi connectivity index (χ1v) is 10.1. The molecule has 0 spiro atoms. The molecule has 0 unspecified atom stereocenters. The summed E-state index contributed by atoms with van der Waals surface area (Å²) in [7, 11) is 0. The van der Waals surface area contributed by atoms with Crippen LogP contribution in [0.15, 0.2) is 12.1 Å². The van der Waals surface area contributed by atoms with Gasteiger partial charge in [-0.2, -0.15) is 0 Å². The summed E-state index contributed by atoms with van der Waals surface area (Å²) in [6.45, 7) is 4.17. The Hall–Kier alpha value is -2.59. The van der Waals surface area contributed by atoms with Crippen LogP contribution in [-0.4, -0.2) is 49.1 Å². The molecule has 4 rings (SSSR count). The van der Waals surface area contributed by atoms with Gasteiger partial charge >= 0.3 is 0 Å². The standard InChI is InChI=1S/C19H20F2N4O3S/c1-10-8-11-14(3-2-12(20)16(11)21)25(10)15(26)9-13-17(18(22)27)29-19(23-13)24-4-6-28-7-5-24/h2-3,10H,4-9H2,1H3,(H2,22,27)/t10-/m1/s1. The summed E-state index contributed by atoms with van der Waals surface area (Å²) in [5, 5.41) is 0.618. The van der Waals surface area contributed by atoms with Crippen molar-refractivity contribution in [2.45, 2.75) is 25.8 Å². The third kappa shape index (κ3) is 3.58. The Morgan fingerprint density at radius 1 is 1.31 bits per heavy atom. The van der Waals surface area contributed by atoms with E-state index in [1.165, 1.54) is 11.0 Å². The summed E-state index contributed by atoms with van der Waals surface area (Å²) in [6.07, 6.45) is 0.0747. The second kappa shape index (κ2) is 7.68. The molecule has 2 aliphatic heterocycles. The molecule has 0 radical (unpaired) electrons. The SMILES string of the molecule is C[C@@H]1Cc2c(ccc(F)c2F)N1C(=O)Cc1nc(N2CCOCC2)sc1C(N)=O. The Kier molecular flexibility index (Phi) is 5.22. The number of thiazole rings is 1. The number of ether oxygens (including phenoxy) is 1. The van der Waals surface area contributed by atoms with Crippen LogP contribution in [0.2, 0.25) is 0 Å². The maximum absolute atomic E-state index is 14.1. The summed E-state index contributed by atoms with van der Waals surface area (Å²) in [4.78, 5) is 33.1. The molecule has 0 bridgehead atoms. The number of nitrogens with zero attached hydrogens (tertiary/aromatic N) is 3. The van der Waals surface area contributed by atoms with Gasteiger partial charge in [0.15, 0.2) is 16.8 Å². The van der Waals surface area contributed by atoms with Crippen LogP contribution in [0, 0.1) is 11.6 Å². The number of fused-ring (bicyclic) bond motifs is 1. The van der Waals surface area contributed by atoms with Crippen LogP contribution in [0.3, 0.4) is 0 Å². The van der Waals surface area contributed by atoms with Gasteiger partial charge in [-0.1, -0.05) is 11.3 Å². The van der Waals surface area contributed by atoms with Crippen LogP contribution in [0.1, 0.15) is 27.9 Å². The third-order valence-corrected chi connectivity index (χ3v) is 6.32. The molecule has 7 nitrogen and oxygen atoms in total. The topological polar surface area (TPSA) is 88.8 Å². The molecule has 2 N–H and O–H groups in total. The summed E-state index contributed by atoms with van der Waals surface area (Å²) < 4.78 is 33.0. The van der Waals surface area contributed by atoms with Crippen LogP contribution in [-0.2, 0) is 22.4 Å². The minimum atomic E-state index is -0.934. The molecule has 2 amide bonds. The number of hydrogen-bond acceptors (Lipinski definition) is 6. The largest absolute Gasteiger partial charge is 0.378 e. The van der Waals surface area contributed by atoms with Crippen LogP contribution in [0.5, 0.6) is 0 Å². The minimum Gasteiger partial charge on any atom is -0.378 e. The lowest BCUT2D eigenvalue weighted by atomic mass is 10.1. The quantitative estimate of drug-likeness (QED) is 0.813. The van der Waals surface area contributed by atoms with E-state index in [1.807, 2.05) is 4.90 Å². The van der Waals surface area contributed by atoms with Gasteiger partial charge < -0.3 is 20.3 Å². The second-order valence-corrected chi connectivity index (χ2v) is 8.07. The molecule has 1 saturated heterocycles. The highest BCUT2D eigenvalue weighted by Gasteiger charge is 2.35. The molecule has 1 aromatic carbocycles. The van der Waals surface area contributed by atoms with Gasteiger partial charge in [0.05, 0.1) is 31.0 Å². The molecule has 1 aromatic heterocycles. The first kappa shape index (κ1) is 19.7. The molecule has 2 aromatic rings. The Morgan fingerprint density at radius 2 is 2.03 bits per heavy atom. The lowest BCUT2D eigenvalue weighted by molar-refractivity contribution is -0.118. The molecule has 2 aliphatic rings. The van der Waals surface area contributed by atoms with Crippen molar-refractivity contribution < 1.29 is 23.1 Å². The van der Waals surface area contributed by atoms with Crippen molar-refractivity contribution >= 4 is 34.0 Å². The lowest BCUT2D eigenvalue weighted by Crippen LogP contribution is -2.37. The van der Waals surface area contributed by atoms with Crippen molar-refractivity contribution in [1.29, 1.82) is 0 Å². The molecule has 10 heteroatoms.